The van der Waals surface area contributed by atoms with E-state index in [1.807, 2.05) is 43.3 Å². The summed E-state index contributed by atoms with van der Waals surface area (Å²) in [5, 5.41) is 12.1. The van der Waals surface area contributed by atoms with E-state index in [1.54, 1.807) is 23.1 Å². The Bertz CT molecular complexity index is 1600. The minimum Gasteiger partial charge on any atom is -0.490 e. The quantitative estimate of drug-likeness (QED) is 0.361. The van der Waals surface area contributed by atoms with Crippen molar-refractivity contribution in [2.75, 3.05) is 26.3 Å². The Labute approximate surface area is 216 Å². The number of aromatic amines is 1. The molecule has 0 radical (unpaired) electrons. The van der Waals surface area contributed by atoms with Crippen LogP contribution in [0.1, 0.15) is 24.0 Å². The molecule has 5 rings (SSSR count). The van der Waals surface area contributed by atoms with Gasteiger partial charge in [0.1, 0.15) is 29.4 Å². The van der Waals surface area contributed by atoms with Crippen LogP contribution in [0.4, 0.5) is 0 Å². The number of rotatable bonds is 7. The molecule has 2 N–H and O–H groups in total. The number of hydrogen-bond acceptors (Lipinski definition) is 7. The lowest BCUT2D eigenvalue weighted by atomic mass is 10.2. The predicted octanol–water partition coefficient (Wildman–Crippen LogP) is 1.54. The number of aryl methyl sites for hydroxylation is 1. The molecule has 190 valence electrons. The fraction of sp³-hybridized carbons (Fsp3) is 0.259. The van der Waals surface area contributed by atoms with E-state index in [9.17, 15) is 9.59 Å². The van der Waals surface area contributed by atoms with Gasteiger partial charge in [0.05, 0.1) is 5.22 Å². The Morgan fingerprint density at radius 1 is 1.05 bits per heavy atom. The van der Waals surface area contributed by atoms with Gasteiger partial charge in [-0.15, -0.1) is 0 Å². The van der Waals surface area contributed by atoms with Crippen LogP contribution in [0.2, 0.25) is 0 Å². The molecule has 9 nitrogen and oxygen atoms in total. The topological polar surface area (TPSA) is 113 Å². The summed E-state index contributed by atoms with van der Waals surface area (Å²) in [7, 11) is 0. The number of amides is 1. The Hall–Kier alpha value is -4.18. The highest BCUT2D eigenvalue weighted by atomic mass is 32.1. The zero-order valence-corrected chi connectivity index (χ0v) is 21.2. The Morgan fingerprint density at radius 2 is 1.68 bits per heavy atom. The number of fused-ring (bicyclic) bond motifs is 1. The minimum atomic E-state index is -0.494. The first kappa shape index (κ1) is 24.5. The third-order valence-corrected chi connectivity index (χ3v) is 6.91. The van der Waals surface area contributed by atoms with Crippen LogP contribution >= 0.6 is 11.3 Å². The van der Waals surface area contributed by atoms with Crippen molar-refractivity contribution in [3.63, 3.8) is 0 Å². The highest BCUT2D eigenvalue weighted by molar-refractivity contribution is 7.11. The molecule has 1 fully saturated rings. The predicted molar refractivity (Wildman–Crippen MR) is 141 cm³/mol. The number of ether oxygens (including phenoxy) is 2. The summed E-state index contributed by atoms with van der Waals surface area (Å²) < 4.78 is 13.4. The molecule has 2 aromatic rings. The second-order valence-electron chi connectivity index (χ2n) is 8.78. The van der Waals surface area contributed by atoms with Crippen molar-refractivity contribution in [3.05, 3.63) is 85.4 Å². The largest absolute Gasteiger partial charge is 0.490 e. The Kier molecular flexibility index (Phi) is 7.18. The minimum absolute atomic E-state index is 0.0203. The molecule has 0 saturated carbocycles. The molecule has 3 heterocycles. The van der Waals surface area contributed by atoms with Crippen molar-refractivity contribution in [1.82, 2.24) is 19.7 Å². The molecule has 3 aliphatic heterocycles. The number of likely N-dealkylation sites (tertiary alicyclic amines) is 1. The van der Waals surface area contributed by atoms with Crippen LogP contribution in [0.15, 0.2) is 53.3 Å². The number of aromatic nitrogens is 3. The van der Waals surface area contributed by atoms with Gasteiger partial charge in [-0.05, 0) is 55.7 Å². The van der Waals surface area contributed by atoms with Gasteiger partial charge in [0, 0.05) is 19.2 Å². The van der Waals surface area contributed by atoms with E-state index in [0.29, 0.717) is 28.8 Å². The second kappa shape index (κ2) is 10.8. The molecule has 0 aromatic heterocycles. The first-order valence-corrected chi connectivity index (χ1v) is 12.9. The Morgan fingerprint density at radius 3 is 2.32 bits per heavy atom. The van der Waals surface area contributed by atoms with Crippen LogP contribution in [0, 0.1) is 12.3 Å². The molecule has 2 aromatic carbocycles. The molecule has 0 bridgehead atoms. The summed E-state index contributed by atoms with van der Waals surface area (Å²) >= 11 is 1.17. The van der Waals surface area contributed by atoms with Gasteiger partial charge < -0.3 is 14.4 Å². The molecule has 10 heteroatoms. The van der Waals surface area contributed by atoms with Crippen molar-refractivity contribution < 1.29 is 14.3 Å². The molecule has 37 heavy (non-hydrogen) atoms. The smallest absolute Gasteiger partial charge is 0.283 e. The lowest BCUT2D eigenvalue weighted by molar-refractivity contribution is -0.123. The number of hydrogen-bond donors (Lipinski definition) is 2. The SMILES string of the molecule is Cc1ccc(OCCOc2ccc(/C=c3\c(=O)nc4s/c(=C/C(=O)N5CCCC5)[nH]n-4c3=N)cc2)cc1. The number of nitrogens with zero attached hydrogens (tertiary/aromatic N) is 3. The maximum atomic E-state index is 12.7. The summed E-state index contributed by atoms with van der Waals surface area (Å²) in [4.78, 5) is 31.0. The summed E-state index contributed by atoms with van der Waals surface area (Å²) in [6.45, 7) is 4.35. The van der Waals surface area contributed by atoms with Crippen LogP contribution < -0.4 is 30.4 Å². The number of nitrogens with one attached hydrogen (secondary N) is 2. The van der Waals surface area contributed by atoms with Crippen LogP contribution in [0.25, 0.3) is 17.3 Å². The lowest BCUT2D eigenvalue weighted by Crippen LogP contribution is -2.47. The molecule has 1 saturated heterocycles. The summed E-state index contributed by atoms with van der Waals surface area (Å²) in [6, 6.07) is 15.1. The molecule has 0 aliphatic carbocycles. The van der Waals surface area contributed by atoms with Crippen molar-refractivity contribution in [2.24, 2.45) is 0 Å². The van der Waals surface area contributed by atoms with E-state index >= 15 is 0 Å². The van der Waals surface area contributed by atoms with Gasteiger partial charge in [-0.25, -0.2) is 4.68 Å². The van der Waals surface area contributed by atoms with Gasteiger partial charge in [0.2, 0.25) is 11.0 Å². The fourth-order valence-electron chi connectivity index (χ4n) is 4.03. The standard InChI is InChI=1S/C27H27N5O4S/c1-18-4-8-20(9-5-18)35-14-15-36-21-10-6-19(7-11-21)16-22-25(28)32-27(29-26(22)34)37-23(30-32)17-24(33)31-12-2-3-13-31/h4-11,16-17,28,30H,2-3,12-15H2,1H3/b22-16-,23-17+,28-25?. The average molecular weight is 518 g/mol. The highest BCUT2D eigenvalue weighted by Crippen LogP contribution is 2.14. The first-order valence-electron chi connectivity index (χ1n) is 12.1. The zero-order valence-electron chi connectivity index (χ0n) is 20.4. The van der Waals surface area contributed by atoms with Gasteiger partial charge in [-0.1, -0.05) is 41.2 Å². The molecule has 1 amide bonds. The van der Waals surface area contributed by atoms with Gasteiger partial charge in [0.15, 0.2) is 5.49 Å². The molecule has 0 spiro atoms. The molecular formula is C27H27N5O4S. The van der Waals surface area contributed by atoms with E-state index in [0.717, 1.165) is 37.2 Å². The van der Waals surface area contributed by atoms with Crippen molar-refractivity contribution in [1.29, 1.82) is 5.41 Å². The Balaban J connectivity index is 1.29. The molecule has 3 aliphatic rings. The van der Waals surface area contributed by atoms with E-state index in [2.05, 4.69) is 10.1 Å². The second-order valence-corrected chi connectivity index (χ2v) is 9.78. The normalized spacial score (nSPS) is 14.5. The van der Waals surface area contributed by atoms with Gasteiger partial charge in [0.25, 0.3) is 5.56 Å². The maximum Gasteiger partial charge on any atom is 0.283 e. The monoisotopic (exact) mass is 517 g/mol. The molecular weight excluding hydrogens is 490 g/mol. The summed E-state index contributed by atoms with van der Waals surface area (Å²) in [5.41, 5.74) is 1.40. The number of H-pyrrole nitrogens is 1. The van der Waals surface area contributed by atoms with Crippen molar-refractivity contribution in [3.8, 4) is 16.6 Å². The van der Waals surface area contributed by atoms with Crippen LogP contribution in [0.5, 0.6) is 11.5 Å². The van der Waals surface area contributed by atoms with Gasteiger partial charge >= 0.3 is 0 Å². The van der Waals surface area contributed by atoms with Crippen LogP contribution in [-0.4, -0.2) is 51.9 Å². The van der Waals surface area contributed by atoms with Crippen LogP contribution in [-0.2, 0) is 4.79 Å². The lowest BCUT2D eigenvalue weighted by Gasteiger charge is -2.10. The van der Waals surface area contributed by atoms with Crippen molar-refractivity contribution in [2.45, 2.75) is 19.8 Å². The van der Waals surface area contributed by atoms with E-state index < -0.39 is 5.56 Å². The van der Waals surface area contributed by atoms with Crippen molar-refractivity contribution >= 4 is 29.4 Å². The summed E-state index contributed by atoms with van der Waals surface area (Å²) in [5.74, 6) is 1.40. The average Bonchev–Trinajstić information content (AvgIpc) is 3.57. The first-order chi connectivity index (χ1) is 18.0. The third kappa shape index (κ3) is 5.80. The number of benzene rings is 2. The van der Waals surface area contributed by atoms with Crippen LogP contribution in [0.3, 0.4) is 0 Å². The maximum absolute atomic E-state index is 12.7. The fourth-order valence-corrected chi connectivity index (χ4v) is 4.88. The van der Waals surface area contributed by atoms with E-state index in [1.165, 1.54) is 27.7 Å². The van der Waals surface area contributed by atoms with E-state index in [4.69, 9.17) is 14.9 Å². The number of carbonyl (C=O) groups is 1. The number of carbonyl (C=O) groups excluding carboxylic acids is 1. The van der Waals surface area contributed by atoms with E-state index in [-0.39, 0.29) is 16.6 Å². The molecule has 0 atom stereocenters. The van der Waals surface area contributed by atoms with Gasteiger partial charge in [-0.3, -0.25) is 20.1 Å². The molecule has 0 unspecified atom stereocenters. The zero-order chi connectivity index (χ0) is 25.8. The third-order valence-electron chi connectivity index (χ3n) is 6.03. The van der Waals surface area contributed by atoms with Gasteiger partial charge in [-0.2, -0.15) is 4.98 Å². The highest BCUT2D eigenvalue weighted by Gasteiger charge is 2.17. The summed E-state index contributed by atoms with van der Waals surface area (Å²) in [6.07, 6.45) is 5.15.